The summed E-state index contributed by atoms with van der Waals surface area (Å²) in [5.41, 5.74) is 2.92. The van der Waals surface area contributed by atoms with Crippen molar-refractivity contribution >= 4 is 5.91 Å². The fourth-order valence-electron chi connectivity index (χ4n) is 3.06. The van der Waals surface area contributed by atoms with Gasteiger partial charge in [0.2, 0.25) is 0 Å². The summed E-state index contributed by atoms with van der Waals surface area (Å²) in [7, 11) is 3.13. The van der Waals surface area contributed by atoms with E-state index in [-0.39, 0.29) is 18.0 Å². The predicted octanol–water partition coefficient (Wildman–Crippen LogP) is 2.67. The van der Waals surface area contributed by atoms with Crippen molar-refractivity contribution < 1.29 is 14.3 Å². The average Bonchev–Trinajstić information content (AvgIpc) is 2.63. The van der Waals surface area contributed by atoms with E-state index in [2.05, 4.69) is 29.7 Å². The van der Waals surface area contributed by atoms with E-state index in [1.54, 1.807) is 32.4 Å². The lowest BCUT2D eigenvalue weighted by molar-refractivity contribution is 0.0925. The van der Waals surface area contributed by atoms with E-state index in [0.717, 1.165) is 12.1 Å². The minimum atomic E-state index is -0.133. The third-order valence-corrected chi connectivity index (χ3v) is 4.44. The van der Waals surface area contributed by atoms with Crippen LogP contribution in [0.3, 0.4) is 0 Å². The van der Waals surface area contributed by atoms with Gasteiger partial charge in [0, 0.05) is 18.2 Å². The normalized spacial score (nSPS) is 19.3. The van der Waals surface area contributed by atoms with Gasteiger partial charge in [0.15, 0.2) is 11.5 Å². The first-order chi connectivity index (χ1) is 11.6. The molecule has 0 aromatic heterocycles. The van der Waals surface area contributed by atoms with Crippen molar-refractivity contribution in [1.29, 1.82) is 0 Å². The summed E-state index contributed by atoms with van der Waals surface area (Å²) >= 11 is 0. The molecule has 2 unspecified atom stereocenters. The molecule has 0 bridgehead atoms. The second-order valence-electron chi connectivity index (χ2n) is 5.89. The van der Waals surface area contributed by atoms with Crippen molar-refractivity contribution in [1.82, 2.24) is 10.6 Å². The molecule has 0 saturated carbocycles. The number of methoxy groups -OCH3 is 2. The van der Waals surface area contributed by atoms with Gasteiger partial charge in [-0.25, -0.2) is 0 Å². The quantitative estimate of drug-likeness (QED) is 0.907. The summed E-state index contributed by atoms with van der Waals surface area (Å²) in [4.78, 5) is 12.7. The van der Waals surface area contributed by atoms with Crippen molar-refractivity contribution in [3.8, 4) is 11.5 Å². The molecule has 24 heavy (non-hydrogen) atoms. The smallest absolute Gasteiger partial charge is 0.251 e. The van der Waals surface area contributed by atoms with E-state index >= 15 is 0 Å². The van der Waals surface area contributed by atoms with Gasteiger partial charge in [-0.05, 0) is 36.2 Å². The number of fused-ring (bicyclic) bond motifs is 1. The molecule has 2 atom stereocenters. The third-order valence-electron chi connectivity index (χ3n) is 4.44. The molecule has 0 fully saturated rings. The van der Waals surface area contributed by atoms with Gasteiger partial charge in [-0.1, -0.05) is 24.3 Å². The molecule has 1 aliphatic heterocycles. The second-order valence-corrected chi connectivity index (χ2v) is 5.89. The number of amides is 1. The molecule has 0 radical (unpaired) electrons. The lowest BCUT2D eigenvalue weighted by Crippen LogP contribution is -2.45. The maximum Gasteiger partial charge on any atom is 0.251 e. The van der Waals surface area contributed by atoms with Crippen LogP contribution in [0.4, 0.5) is 0 Å². The highest BCUT2D eigenvalue weighted by Gasteiger charge is 2.27. The van der Waals surface area contributed by atoms with Crippen LogP contribution in [0.15, 0.2) is 42.5 Å². The van der Waals surface area contributed by atoms with Gasteiger partial charge in [0.1, 0.15) is 0 Å². The Morgan fingerprint density at radius 2 is 1.88 bits per heavy atom. The molecule has 1 amide bonds. The predicted molar refractivity (Wildman–Crippen MR) is 92.5 cm³/mol. The van der Waals surface area contributed by atoms with Crippen LogP contribution in [0.2, 0.25) is 0 Å². The first kappa shape index (κ1) is 16.3. The van der Waals surface area contributed by atoms with E-state index in [4.69, 9.17) is 9.47 Å². The Bertz CT molecular complexity index is 745. The average molecular weight is 326 g/mol. The highest BCUT2D eigenvalue weighted by molar-refractivity contribution is 5.95. The standard InChI is InChI=1S/C19H22N2O3/c1-12-18(15-7-5-4-6-14(15)11-20-12)21-19(22)13-8-9-16(23-2)17(10-13)24-3/h4-10,12,18,20H,11H2,1-3H3,(H,21,22). The van der Waals surface area contributed by atoms with Crippen LogP contribution in [0.25, 0.3) is 0 Å². The molecule has 2 N–H and O–H groups in total. The monoisotopic (exact) mass is 326 g/mol. The molecule has 1 aliphatic rings. The van der Waals surface area contributed by atoms with Crippen LogP contribution in [-0.2, 0) is 6.54 Å². The fraction of sp³-hybridized carbons (Fsp3) is 0.316. The van der Waals surface area contributed by atoms with Gasteiger partial charge in [0.25, 0.3) is 5.91 Å². The topological polar surface area (TPSA) is 59.6 Å². The summed E-state index contributed by atoms with van der Waals surface area (Å²) in [5, 5.41) is 6.56. The van der Waals surface area contributed by atoms with Crippen LogP contribution >= 0.6 is 0 Å². The Balaban J connectivity index is 1.85. The maximum absolute atomic E-state index is 12.7. The molecule has 0 spiro atoms. The van der Waals surface area contributed by atoms with Gasteiger partial charge in [-0.15, -0.1) is 0 Å². The minimum Gasteiger partial charge on any atom is -0.493 e. The van der Waals surface area contributed by atoms with Gasteiger partial charge in [0.05, 0.1) is 20.3 Å². The van der Waals surface area contributed by atoms with E-state index in [1.807, 2.05) is 12.1 Å². The SMILES string of the molecule is COc1ccc(C(=O)NC2c3ccccc3CNC2C)cc1OC. The number of rotatable bonds is 4. The lowest BCUT2D eigenvalue weighted by atomic mass is 9.91. The Kier molecular flexibility index (Phi) is 4.71. The van der Waals surface area contributed by atoms with Gasteiger partial charge < -0.3 is 20.1 Å². The molecule has 5 nitrogen and oxygen atoms in total. The molecular weight excluding hydrogens is 304 g/mol. The van der Waals surface area contributed by atoms with Crippen LogP contribution in [0.5, 0.6) is 11.5 Å². The third kappa shape index (κ3) is 3.08. The Morgan fingerprint density at radius 3 is 2.62 bits per heavy atom. The molecule has 3 rings (SSSR count). The first-order valence-electron chi connectivity index (χ1n) is 7.98. The van der Waals surface area contributed by atoms with E-state index < -0.39 is 0 Å². The number of nitrogens with one attached hydrogen (secondary N) is 2. The van der Waals surface area contributed by atoms with Crippen molar-refractivity contribution in [2.75, 3.05) is 14.2 Å². The van der Waals surface area contributed by atoms with Crippen molar-refractivity contribution in [2.45, 2.75) is 25.6 Å². The summed E-state index contributed by atoms with van der Waals surface area (Å²) in [6.07, 6.45) is 0. The van der Waals surface area contributed by atoms with Crippen molar-refractivity contribution in [3.05, 3.63) is 59.2 Å². The number of benzene rings is 2. The zero-order chi connectivity index (χ0) is 17.1. The van der Waals surface area contributed by atoms with E-state index in [9.17, 15) is 4.79 Å². The van der Waals surface area contributed by atoms with Crippen molar-refractivity contribution in [2.24, 2.45) is 0 Å². The molecule has 1 heterocycles. The maximum atomic E-state index is 12.7. The molecule has 2 aromatic carbocycles. The lowest BCUT2D eigenvalue weighted by Gasteiger charge is -2.33. The van der Waals surface area contributed by atoms with Gasteiger partial charge >= 0.3 is 0 Å². The fourth-order valence-corrected chi connectivity index (χ4v) is 3.06. The molecule has 126 valence electrons. The Morgan fingerprint density at radius 1 is 1.12 bits per heavy atom. The van der Waals surface area contributed by atoms with Crippen LogP contribution in [0, 0.1) is 0 Å². The highest BCUT2D eigenvalue weighted by Crippen LogP contribution is 2.29. The largest absolute Gasteiger partial charge is 0.493 e. The summed E-state index contributed by atoms with van der Waals surface area (Å²) in [6.45, 7) is 2.90. The minimum absolute atomic E-state index is 0.0736. The Hall–Kier alpha value is -2.53. The van der Waals surface area contributed by atoms with E-state index in [0.29, 0.717) is 17.1 Å². The number of hydrogen-bond donors (Lipinski definition) is 2. The zero-order valence-electron chi connectivity index (χ0n) is 14.1. The summed E-state index contributed by atoms with van der Waals surface area (Å²) in [5.74, 6) is 1.01. The molecule has 0 saturated heterocycles. The second kappa shape index (κ2) is 6.93. The van der Waals surface area contributed by atoms with Crippen LogP contribution < -0.4 is 20.1 Å². The molecular formula is C19H22N2O3. The molecule has 5 heteroatoms. The highest BCUT2D eigenvalue weighted by atomic mass is 16.5. The summed E-state index contributed by atoms with van der Waals surface area (Å²) < 4.78 is 10.5. The summed E-state index contributed by atoms with van der Waals surface area (Å²) in [6, 6.07) is 13.4. The zero-order valence-corrected chi connectivity index (χ0v) is 14.1. The van der Waals surface area contributed by atoms with Gasteiger partial charge in [-0.3, -0.25) is 4.79 Å². The van der Waals surface area contributed by atoms with Crippen LogP contribution in [0.1, 0.15) is 34.5 Å². The Labute approximate surface area is 142 Å². The van der Waals surface area contributed by atoms with Crippen molar-refractivity contribution in [3.63, 3.8) is 0 Å². The molecule has 2 aromatic rings. The number of carbonyl (C=O) groups is 1. The van der Waals surface area contributed by atoms with Gasteiger partial charge in [-0.2, -0.15) is 0 Å². The number of carbonyl (C=O) groups excluding carboxylic acids is 1. The van der Waals surface area contributed by atoms with Crippen LogP contribution in [-0.4, -0.2) is 26.2 Å². The number of hydrogen-bond acceptors (Lipinski definition) is 4. The number of ether oxygens (including phenoxy) is 2. The molecule has 0 aliphatic carbocycles. The first-order valence-corrected chi connectivity index (χ1v) is 7.98. The van der Waals surface area contributed by atoms with E-state index in [1.165, 1.54) is 5.56 Å².